The average Bonchev–Trinajstić information content (AvgIpc) is 2.27. The summed E-state index contributed by atoms with van der Waals surface area (Å²) in [4.78, 5) is 2.10. The van der Waals surface area contributed by atoms with Crippen LogP contribution in [0.5, 0.6) is 0 Å². The molecule has 1 unspecified atom stereocenters. The highest BCUT2D eigenvalue weighted by molar-refractivity contribution is 5.45. The first kappa shape index (κ1) is 15.0. The lowest BCUT2D eigenvalue weighted by atomic mass is 9.85. The Kier molecular flexibility index (Phi) is 5.15. The van der Waals surface area contributed by atoms with Crippen LogP contribution in [0, 0.1) is 11.2 Å². The molecule has 1 rings (SSSR count). The lowest BCUT2D eigenvalue weighted by Gasteiger charge is -2.32. The predicted molar refractivity (Wildman–Crippen MR) is 76.6 cm³/mol. The number of nitrogens with zero attached hydrogens (tertiary/aromatic N) is 1. The molecule has 0 aliphatic carbocycles. The smallest absolute Gasteiger partial charge is 0.125 e. The molecule has 0 saturated carbocycles. The molecular formula is C15H25FN2. The number of anilines is 1. The molecule has 1 N–H and O–H groups in total. The molecule has 0 bridgehead atoms. The number of benzene rings is 1. The first-order valence-corrected chi connectivity index (χ1v) is 6.48. The summed E-state index contributed by atoms with van der Waals surface area (Å²) >= 11 is 0. The topological polar surface area (TPSA) is 15.3 Å². The maximum Gasteiger partial charge on any atom is 0.125 e. The molecule has 0 fully saturated rings. The van der Waals surface area contributed by atoms with E-state index in [0.717, 1.165) is 18.7 Å². The molecule has 0 aliphatic rings. The lowest BCUT2D eigenvalue weighted by molar-refractivity contribution is 0.270. The van der Waals surface area contributed by atoms with Gasteiger partial charge in [-0.3, -0.25) is 0 Å². The van der Waals surface area contributed by atoms with E-state index in [4.69, 9.17) is 0 Å². The SMILES string of the molecule is CNC(CCN(C)c1cccc(F)c1)C(C)(C)C. The van der Waals surface area contributed by atoms with Gasteiger partial charge in [0.15, 0.2) is 0 Å². The highest BCUT2D eigenvalue weighted by Gasteiger charge is 2.22. The Bertz CT molecular complexity index is 371. The zero-order valence-corrected chi connectivity index (χ0v) is 12.1. The first-order chi connectivity index (χ1) is 8.34. The average molecular weight is 252 g/mol. The van der Waals surface area contributed by atoms with Crippen molar-refractivity contribution in [3.63, 3.8) is 0 Å². The van der Waals surface area contributed by atoms with Gasteiger partial charge in [-0.15, -0.1) is 0 Å². The van der Waals surface area contributed by atoms with Gasteiger partial charge in [0.1, 0.15) is 5.82 Å². The summed E-state index contributed by atoms with van der Waals surface area (Å²) in [5.41, 5.74) is 1.16. The minimum atomic E-state index is -0.180. The Labute approximate surface area is 110 Å². The second kappa shape index (κ2) is 6.19. The minimum absolute atomic E-state index is 0.180. The van der Waals surface area contributed by atoms with Gasteiger partial charge in [0, 0.05) is 25.3 Å². The van der Waals surface area contributed by atoms with E-state index in [0.29, 0.717) is 6.04 Å². The van der Waals surface area contributed by atoms with Crippen LogP contribution in [0.1, 0.15) is 27.2 Å². The number of hydrogen-bond donors (Lipinski definition) is 1. The summed E-state index contributed by atoms with van der Waals surface area (Å²) in [7, 11) is 4.00. The summed E-state index contributed by atoms with van der Waals surface area (Å²) < 4.78 is 13.1. The van der Waals surface area contributed by atoms with Crippen LogP contribution in [0.3, 0.4) is 0 Å². The number of halogens is 1. The van der Waals surface area contributed by atoms with E-state index in [9.17, 15) is 4.39 Å². The molecule has 0 aliphatic heterocycles. The third kappa shape index (κ3) is 4.30. The van der Waals surface area contributed by atoms with Gasteiger partial charge >= 0.3 is 0 Å². The maximum atomic E-state index is 13.1. The van der Waals surface area contributed by atoms with Gasteiger partial charge < -0.3 is 10.2 Å². The fraction of sp³-hybridized carbons (Fsp3) is 0.600. The zero-order valence-electron chi connectivity index (χ0n) is 12.1. The van der Waals surface area contributed by atoms with Gasteiger partial charge in [-0.05, 0) is 37.1 Å². The van der Waals surface area contributed by atoms with Crippen molar-refractivity contribution in [2.24, 2.45) is 5.41 Å². The molecule has 1 aromatic rings. The van der Waals surface area contributed by atoms with Crippen LogP contribution in [-0.2, 0) is 0 Å². The molecule has 0 amide bonds. The molecule has 0 saturated heterocycles. The fourth-order valence-electron chi connectivity index (χ4n) is 2.18. The highest BCUT2D eigenvalue weighted by atomic mass is 19.1. The third-order valence-electron chi connectivity index (χ3n) is 3.40. The van der Waals surface area contributed by atoms with E-state index < -0.39 is 0 Å². The van der Waals surface area contributed by atoms with Gasteiger partial charge in [-0.1, -0.05) is 26.8 Å². The van der Waals surface area contributed by atoms with Crippen molar-refractivity contribution in [3.8, 4) is 0 Å². The molecular weight excluding hydrogens is 227 g/mol. The van der Waals surface area contributed by atoms with E-state index >= 15 is 0 Å². The second-order valence-corrected chi connectivity index (χ2v) is 5.90. The molecule has 102 valence electrons. The fourth-order valence-corrected chi connectivity index (χ4v) is 2.18. The van der Waals surface area contributed by atoms with Crippen LogP contribution in [0.2, 0.25) is 0 Å². The van der Waals surface area contributed by atoms with E-state index in [1.807, 2.05) is 20.2 Å². The number of rotatable bonds is 5. The summed E-state index contributed by atoms with van der Waals surface area (Å²) in [5.74, 6) is -0.180. The Morgan fingerprint density at radius 1 is 1.33 bits per heavy atom. The molecule has 18 heavy (non-hydrogen) atoms. The first-order valence-electron chi connectivity index (χ1n) is 6.48. The van der Waals surface area contributed by atoms with Crippen molar-refractivity contribution in [3.05, 3.63) is 30.1 Å². The van der Waals surface area contributed by atoms with E-state index in [2.05, 4.69) is 31.0 Å². The quantitative estimate of drug-likeness (QED) is 0.865. The minimum Gasteiger partial charge on any atom is -0.374 e. The number of hydrogen-bond acceptors (Lipinski definition) is 2. The van der Waals surface area contributed by atoms with E-state index in [-0.39, 0.29) is 11.2 Å². The Morgan fingerprint density at radius 2 is 2.00 bits per heavy atom. The van der Waals surface area contributed by atoms with Crippen LogP contribution >= 0.6 is 0 Å². The van der Waals surface area contributed by atoms with Crippen molar-refractivity contribution in [1.29, 1.82) is 0 Å². The Hall–Kier alpha value is -1.09. The molecule has 1 atom stereocenters. The normalized spacial score (nSPS) is 13.4. The van der Waals surface area contributed by atoms with Gasteiger partial charge in [-0.25, -0.2) is 4.39 Å². The molecule has 3 heteroatoms. The Morgan fingerprint density at radius 3 is 2.50 bits per heavy atom. The standard InChI is InChI=1S/C15H25FN2/c1-15(2,3)14(17-4)9-10-18(5)13-8-6-7-12(16)11-13/h6-8,11,14,17H,9-10H2,1-5H3. The van der Waals surface area contributed by atoms with Crippen molar-refractivity contribution >= 4 is 5.69 Å². The van der Waals surface area contributed by atoms with Gasteiger partial charge in [0.25, 0.3) is 0 Å². The molecule has 2 nitrogen and oxygen atoms in total. The molecule has 0 aromatic heterocycles. The molecule has 0 heterocycles. The van der Waals surface area contributed by atoms with Crippen LogP contribution in [-0.4, -0.2) is 26.7 Å². The monoisotopic (exact) mass is 252 g/mol. The lowest BCUT2D eigenvalue weighted by Crippen LogP contribution is -2.40. The summed E-state index contributed by atoms with van der Waals surface area (Å²) in [6.45, 7) is 7.61. The van der Waals surface area contributed by atoms with E-state index in [1.165, 1.54) is 6.07 Å². The highest BCUT2D eigenvalue weighted by Crippen LogP contribution is 2.22. The van der Waals surface area contributed by atoms with Crippen LogP contribution in [0.25, 0.3) is 0 Å². The number of nitrogens with one attached hydrogen (secondary N) is 1. The van der Waals surface area contributed by atoms with E-state index in [1.54, 1.807) is 12.1 Å². The van der Waals surface area contributed by atoms with Crippen molar-refractivity contribution in [2.45, 2.75) is 33.2 Å². The van der Waals surface area contributed by atoms with Crippen molar-refractivity contribution in [2.75, 3.05) is 25.5 Å². The van der Waals surface area contributed by atoms with Crippen LogP contribution < -0.4 is 10.2 Å². The molecule has 0 spiro atoms. The predicted octanol–water partition coefficient (Wildman–Crippen LogP) is 3.29. The molecule has 0 radical (unpaired) electrons. The largest absolute Gasteiger partial charge is 0.374 e. The van der Waals surface area contributed by atoms with Crippen molar-refractivity contribution < 1.29 is 4.39 Å². The van der Waals surface area contributed by atoms with Gasteiger partial charge in [0.2, 0.25) is 0 Å². The van der Waals surface area contributed by atoms with Crippen molar-refractivity contribution in [1.82, 2.24) is 5.32 Å². The van der Waals surface area contributed by atoms with Gasteiger partial charge in [-0.2, -0.15) is 0 Å². The molecule has 1 aromatic carbocycles. The maximum absolute atomic E-state index is 13.1. The summed E-state index contributed by atoms with van der Waals surface area (Å²) in [6.07, 6.45) is 1.03. The summed E-state index contributed by atoms with van der Waals surface area (Å²) in [5, 5.41) is 3.36. The third-order valence-corrected chi connectivity index (χ3v) is 3.40. The summed E-state index contributed by atoms with van der Waals surface area (Å²) in [6, 6.07) is 7.19. The van der Waals surface area contributed by atoms with Crippen LogP contribution in [0.15, 0.2) is 24.3 Å². The van der Waals surface area contributed by atoms with Gasteiger partial charge in [0.05, 0.1) is 0 Å². The van der Waals surface area contributed by atoms with Crippen LogP contribution in [0.4, 0.5) is 10.1 Å². The second-order valence-electron chi connectivity index (χ2n) is 5.90. The Balaban J connectivity index is 2.58. The zero-order chi connectivity index (χ0) is 13.8.